The summed E-state index contributed by atoms with van der Waals surface area (Å²) in [4.78, 5) is 0. The number of hydrogen-bond acceptors (Lipinski definition) is 3. The highest BCUT2D eigenvalue weighted by molar-refractivity contribution is 5.10. The smallest absolute Gasteiger partial charge is 0.0765 e. The molecular weight excluding hydrogens is 202 g/mol. The van der Waals surface area contributed by atoms with Crippen LogP contribution < -0.4 is 5.73 Å². The fraction of sp³-hybridized carbons (Fsp3) is 1.00. The lowest BCUT2D eigenvalue weighted by Crippen LogP contribution is -2.61. The molecule has 0 saturated heterocycles. The van der Waals surface area contributed by atoms with E-state index >= 15 is 0 Å². The summed E-state index contributed by atoms with van der Waals surface area (Å²) < 4.78 is 5.55. The molecule has 0 aliphatic heterocycles. The van der Waals surface area contributed by atoms with E-state index in [0.717, 1.165) is 32.3 Å². The van der Waals surface area contributed by atoms with Crippen molar-refractivity contribution in [2.45, 2.75) is 57.7 Å². The molecule has 94 valence electrons. The van der Waals surface area contributed by atoms with E-state index < -0.39 is 5.60 Å². The molecule has 2 aliphatic carbocycles. The van der Waals surface area contributed by atoms with Crippen LogP contribution in [0.2, 0.25) is 0 Å². The largest absolute Gasteiger partial charge is 0.389 e. The highest BCUT2D eigenvalue weighted by atomic mass is 16.5. The van der Waals surface area contributed by atoms with Gasteiger partial charge < -0.3 is 15.6 Å². The monoisotopic (exact) mass is 227 g/mol. The van der Waals surface area contributed by atoms with Gasteiger partial charge in [-0.25, -0.2) is 0 Å². The third kappa shape index (κ3) is 1.79. The highest BCUT2D eigenvalue weighted by Crippen LogP contribution is 2.56. The van der Waals surface area contributed by atoms with E-state index in [2.05, 4.69) is 6.92 Å². The molecule has 0 heterocycles. The van der Waals surface area contributed by atoms with Crippen LogP contribution in [0.3, 0.4) is 0 Å². The highest BCUT2D eigenvalue weighted by Gasteiger charge is 2.58. The topological polar surface area (TPSA) is 55.5 Å². The molecule has 0 bridgehead atoms. The van der Waals surface area contributed by atoms with Crippen molar-refractivity contribution in [3.63, 3.8) is 0 Å². The molecule has 0 aromatic rings. The lowest BCUT2D eigenvalue weighted by atomic mass is 9.59. The summed E-state index contributed by atoms with van der Waals surface area (Å²) in [6.45, 7) is 5.63. The first-order valence-electron chi connectivity index (χ1n) is 6.59. The van der Waals surface area contributed by atoms with E-state index in [9.17, 15) is 5.11 Å². The Morgan fingerprint density at radius 2 is 2.06 bits per heavy atom. The Balaban J connectivity index is 2.01. The van der Waals surface area contributed by atoms with Gasteiger partial charge in [0.25, 0.3) is 0 Å². The second-order valence-electron chi connectivity index (χ2n) is 5.85. The number of aliphatic hydroxyl groups is 1. The Bertz CT molecular complexity index is 250. The molecule has 2 aliphatic rings. The molecule has 0 aromatic heterocycles. The van der Waals surface area contributed by atoms with E-state index in [0.29, 0.717) is 12.5 Å². The lowest BCUT2D eigenvalue weighted by molar-refractivity contribution is -0.199. The molecule has 0 aromatic carbocycles. The Morgan fingerprint density at radius 3 is 2.50 bits per heavy atom. The van der Waals surface area contributed by atoms with Crippen LogP contribution >= 0.6 is 0 Å². The standard InChI is InChI=1S/C13H25NO2/c1-3-16-11-7-13(15,8-11)12(9-14)5-4-10(2)6-12/h10-11,15H,3-9,14H2,1-2H3. The molecule has 2 fully saturated rings. The maximum Gasteiger partial charge on any atom is 0.0765 e. The zero-order valence-corrected chi connectivity index (χ0v) is 10.5. The van der Waals surface area contributed by atoms with Crippen LogP contribution in [0.1, 0.15) is 46.0 Å². The molecule has 3 N–H and O–H groups in total. The zero-order valence-electron chi connectivity index (χ0n) is 10.5. The van der Waals surface area contributed by atoms with E-state index in [-0.39, 0.29) is 11.5 Å². The Hall–Kier alpha value is -0.120. The van der Waals surface area contributed by atoms with Gasteiger partial charge in [0.05, 0.1) is 11.7 Å². The number of ether oxygens (including phenoxy) is 1. The van der Waals surface area contributed by atoms with Crippen LogP contribution in [-0.4, -0.2) is 30.0 Å². The summed E-state index contributed by atoms with van der Waals surface area (Å²) in [7, 11) is 0. The molecule has 2 unspecified atom stereocenters. The molecule has 0 spiro atoms. The van der Waals surface area contributed by atoms with Gasteiger partial charge in [-0.2, -0.15) is 0 Å². The van der Waals surface area contributed by atoms with Gasteiger partial charge >= 0.3 is 0 Å². The summed E-state index contributed by atoms with van der Waals surface area (Å²) in [5.74, 6) is 0.707. The molecule has 2 rings (SSSR count). The molecule has 0 amide bonds. The Kier molecular flexibility index (Phi) is 3.30. The van der Waals surface area contributed by atoms with Crippen LogP contribution in [-0.2, 0) is 4.74 Å². The molecule has 2 saturated carbocycles. The van der Waals surface area contributed by atoms with Gasteiger partial charge in [0, 0.05) is 31.4 Å². The van der Waals surface area contributed by atoms with Crippen LogP contribution in [0.4, 0.5) is 0 Å². The summed E-state index contributed by atoms with van der Waals surface area (Å²) >= 11 is 0. The van der Waals surface area contributed by atoms with Crippen molar-refractivity contribution in [1.82, 2.24) is 0 Å². The van der Waals surface area contributed by atoms with Gasteiger partial charge in [-0.15, -0.1) is 0 Å². The van der Waals surface area contributed by atoms with Crippen molar-refractivity contribution in [2.75, 3.05) is 13.2 Å². The van der Waals surface area contributed by atoms with Crippen molar-refractivity contribution in [3.8, 4) is 0 Å². The first-order chi connectivity index (χ1) is 7.55. The second kappa shape index (κ2) is 4.28. The number of hydrogen-bond donors (Lipinski definition) is 2. The SMILES string of the molecule is CCOC1CC(O)(C2(CN)CCC(C)C2)C1. The number of nitrogens with two attached hydrogens (primary N) is 1. The molecule has 3 heteroatoms. The Labute approximate surface area is 98.4 Å². The quantitative estimate of drug-likeness (QED) is 0.768. The molecule has 0 radical (unpaired) electrons. The van der Waals surface area contributed by atoms with E-state index in [1.54, 1.807) is 0 Å². The Morgan fingerprint density at radius 1 is 1.38 bits per heavy atom. The van der Waals surface area contributed by atoms with E-state index in [4.69, 9.17) is 10.5 Å². The average molecular weight is 227 g/mol. The fourth-order valence-electron chi connectivity index (χ4n) is 3.67. The minimum atomic E-state index is -0.549. The summed E-state index contributed by atoms with van der Waals surface area (Å²) in [6, 6.07) is 0. The third-order valence-corrected chi connectivity index (χ3v) is 4.77. The minimum Gasteiger partial charge on any atom is -0.389 e. The lowest BCUT2D eigenvalue weighted by Gasteiger charge is -2.54. The maximum atomic E-state index is 10.7. The van der Waals surface area contributed by atoms with Crippen LogP contribution in [0.25, 0.3) is 0 Å². The van der Waals surface area contributed by atoms with Crippen LogP contribution in [0.15, 0.2) is 0 Å². The first kappa shape index (κ1) is 12.3. The molecular formula is C13H25NO2. The van der Waals surface area contributed by atoms with Crippen molar-refractivity contribution < 1.29 is 9.84 Å². The predicted octanol–water partition coefficient (Wildman–Crippen LogP) is 1.68. The van der Waals surface area contributed by atoms with Gasteiger partial charge in [-0.05, 0) is 25.7 Å². The van der Waals surface area contributed by atoms with Crippen LogP contribution in [0, 0.1) is 11.3 Å². The summed E-state index contributed by atoms with van der Waals surface area (Å²) in [5.41, 5.74) is 5.37. The number of rotatable bonds is 4. The molecule has 3 nitrogen and oxygen atoms in total. The van der Waals surface area contributed by atoms with Crippen LogP contribution in [0.5, 0.6) is 0 Å². The fourth-order valence-corrected chi connectivity index (χ4v) is 3.67. The van der Waals surface area contributed by atoms with E-state index in [1.807, 2.05) is 6.92 Å². The predicted molar refractivity (Wildman–Crippen MR) is 64.1 cm³/mol. The van der Waals surface area contributed by atoms with Crippen molar-refractivity contribution >= 4 is 0 Å². The van der Waals surface area contributed by atoms with Gasteiger partial charge in [0.1, 0.15) is 0 Å². The van der Waals surface area contributed by atoms with Gasteiger partial charge in [0.2, 0.25) is 0 Å². The van der Waals surface area contributed by atoms with Crippen molar-refractivity contribution in [2.24, 2.45) is 17.1 Å². The first-order valence-corrected chi connectivity index (χ1v) is 6.59. The molecule has 16 heavy (non-hydrogen) atoms. The summed E-state index contributed by atoms with van der Waals surface area (Å²) in [6.07, 6.45) is 5.20. The zero-order chi connectivity index (χ0) is 11.8. The third-order valence-electron chi connectivity index (χ3n) is 4.77. The normalized spacial score (nSPS) is 48.0. The van der Waals surface area contributed by atoms with Crippen molar-refractivity contribution in [3.05, 3.63) is 0 Å². The van der Waals surface area contributed by atoms with Gasteiger partial charge in [0.15, 0.2) is 0 Å². The van der Waals surface area contributed by atoms with Gasteiger partial charge in [-0.1, -0.05) is 13.3 Å². The van der Waals surface area contributed by atoms with Gasteiger partial charge in [-0.3, -0.25) is 0 Å². The molecule has 2 atom stereocenters. The maximum absolute atomic E-state index is 10.7. The minimum absolute atomic E-state index is 0.0278. The second-order valence-corrected chi connectivity index (χ2v) is 5.85. The average Bonchev–Trinajstić information content (AvgIpc) is 2.59. The summed E-state index contributed by atoms with van der Waals surface area (Å²) in [5, 5.41) is 10.7. The van der Waals surface area contributed by atoms with E-state index in [1.165, 1.54) is 6.42 Å². The van der Waals surface area contributed by atoms with Crippen molar-refractivity contribution in [1.29, 1.82) is 0 Å².